The number of anilines is 1. The highest BCUT2D eigenvalue weighted by atomic mass is 16.2. The summed E-state index contributed by atoms with van der Waals surface area (Å²) in [4.78, 5) is 23.4. The number of hydrogen-bond donors (Lipinski definition) is 1. The van der Waals surface area contributed by atoms with E-state index in [4.69, 9.17) is 5.73 Å². The van der Waals surface area contributed by atoms with E-state index in [-0.39, 0.29) is 18.4 Å². The zero-order valence-electron chi connectivity index (χ0n) is 16.0. The van der Waals surface area contributed by atoms with E-state index >= 15 is 0 Å². The Morgan fingerprint density at radius 2 is 2.11 bits per heavy atom. The van der Waals surface area contributed by atoms with Gasteiger partial charge >= 0.3 is 0 Å². The van der Waals surface area contributed by atoms with Gasteiger partial charge in [-0.1, -0.05) is 0 Å². The van der Waals surface area contributed by atoms with Gasteiger partial charge in [0.05, 0.1) is 5.69 Å². The molecular formula is C20H25N7O. The fourth-order valence-corrected chi connectivity index (χ4v) is 3.83. The highest BCUT2D eigenvalue weighted by Gasteiger charge is 2.28. The molecule has 1 saturated heterocycles. The van der Waals surface area contributed by atoms with Gasteiger partial charge in [-0.05, 0) is 37.5 Å². The number of nitrogens with two attached hydrogens (primary N) is 1. The standard InChI is InChI=1S/C20H25N7O/c1-15-11-18(21)27(24-15)14-19(28)25-9-2-3-17(13-25)20-23-8-10-26(20)12-16-4-6-22-7-5-16/h4-8,10-11,17H,2-3,9,12-14,21H2,1H3. The number of aryl methyl sites for hydroxylation is 1. The lowest BCUT2D eigenvalue weighted by Crippen LogP contribution is -2.41. The second-order valence-electron chi connectivity index (χ2n) is 7.32. The molecule has 0 bridgehead atoms. The molecule has 1 amide bonds. The molecule has 146 valence electrons. The summed E-state index contributed by atoms with van der Waals surface area (Å²) >= 11 is 0. The van der Waals surface area contributed by atoms with Crippen molar-refractivity contribution in [1.82, 2.24) is 29.2 Å². The van der Waals surface area contributed by atoms with E-state index in [9.17, 15) is 4.79 Å². The first-order chi connectivity index (χ1) is 13.6. The molecule has 0 spiro atoms. The van der Waals surface area contributed by atoms with Gasteiger partial charge in [-0.25, -0.2) is 9.67 Å². The number of rotatable bonds is 5. The highest BCUT2D eigenvalue weighted by molar-refractivity contribution is 5.76. The van der Waals surface area contributed by atoms with Gasteiger partial charge in [0.25, 0.3) is 0 Å². The summed E-state index contributed by atoms with van der Waals surface area (Å²) < 4.78 is 3.74. The molecule has 3 aromatic heterocycles. The Morgan fingerprint density at radius 3 is 2.86 bits per heavy atom. The van der Waals surface area contributed by atoms with Crippen LogP contribution in [-0.4, -0.2) is 48.2 Å². The number of carbonyl (C=O) groups is 1. The molecule has 8 heteroatoms. The molecule has 1 aliphatic rings. The van der Waals surface area contributed by atoms with Crippen molar-refractivity contribution in [3.05, 3.63) is 60.1 Å². The minimum atomic E-state index is 0.0479. The molecule has 1 unspecified atom stereocenters. The van der Waals surface area contributed by atoms with Gasteiger partial charge in [-0.3, -0.25) is 9.78 Å². The van der Waals surface area contributed by atoms with Crippen LogP contribution in [0.2, 0.25) is 0 Å². The van der Waals surface area contributed by atoms with E-state index in [1.807, 2.05) is 36.4 Å². The van der Waals surface area contributed by atoms with Gasteiger partial charge in [-0.2, -0.15) is 5.10 Å². The summed E-state index contributed by atoms with van der Waals surface area (Å²) in [5.41, 5.74) is 7.93. The molecule has 1 fully saturated rings. The zero-order valence-corrected chi connectivity index (χ0v) is 16.0. The number of amides is 1. The summed E-state index contributed by atoms with van der Waals surface area (Å²) in [6.07, 6.45) is 9.44. The maximum Gasteiger partial charge on any atom is 0.244 e. The third-order valence-electron chi connectivity index (χ3n) is 5.21. The van der Waals surface area contributed by atoms with Gasteiger partial charge in [0.2, 0.25) is 5.91 Å². The molecule has 4 heterocycles. The lowest BCUT2D eigenvalue weighted by molar-refractivity contribution is -0.133. The van der Waals surface area contributed by atoms with E-state index in [0.717, 1.165) is 37.4 Å². The van der Waals surface area contributed by atoms with Crippen LogP contribution in [0.1, 0.15) is 35.8 Å². The molecule has 0 aliphatic carbocycles. The molecule has 2 N–H and O–H groups in total. The largest absolute Gasteiger partial charge is 0.384 e. The maximum absolute atomic E-state index is 12.8. The Bertz CT molecular complexity index is 947. The zero-order chi connectivity index (χ0) is 19.5. The molecular weight excluding hydrogens is 354 g/mol. The van der Waals surface area contributed by atoms with Crippen LogP contribution < -0.4 is 5.73 Å². The van der Waals surface area contributed by atoms with Crippen LogP contribution in [0.25, 0.3) is 0 Å². The van der Waals surface area contributed by atoms with Crippen LogP contribution >= 0.6 is 0 Å². The second kappa shape index (κ2) is 7.84. The van der Waals surface area contributed by atoms with Gasteiger partial charge in [0.1, 0.15) is 18.2 Å². The number of nitrogens with zero attached hydrogens (tertiary/aromatic N) is 6. The Balaban J connectivity index is 1.45. The van der Waals surface area contributed by atoms with E-state index < -0.39 is 0 Å². The average Bonchev–Trinajstić information content (AvgIpc) is 3.28. The first kappa shape index (κ1) is 18.2. The number of hydrogen-bond acceptors (Lipinski definition) is 5. The summed E-state index contributed by atoms with van der Waals surface area (Å²) in [6.45, 7) is 4.24. The van der Waals surface area contributed by atoms with Crippen LogP contribution in [-0.2, 0) is 17.9 Å². The molecule has 0 saturated carbocycles. The van der Waals surface area contributed by atoms with Crippen LogP contribution in [0.4, 0.5) is 5.82 Å². The quantitative estimate of drug-likeness (QED) is 0.730. The monoisotopic (exact) mass is 379 g/mol. The van der Waals surface area contributed by atoms with Crippen molar-refractivity contribution in [2.24, 2.45) is 0 Å². The number of pyridine rings is 1. The highest BCUT2D eigenvalue weighted by Crippen LogP contribution is 2.26. The van der Waals surface area contributed by atoms with Crippen LogP contribution in [0.15, 0.2) is 43.0 Å². The lowest BCUT2D eigenvalue weighted by atomic mass is 9.97. The first-order valence-electron chi connectivity index (χ1n) is 9.58. The molecule has 1 aliphatic heterocycles. The van der Waals surface area contributed by atoms with Gasteiger partial charge in [-0.15, -0.1) is 0 Å². The molecule has 4 rings (SSSR count). The van der Waals surface area contributed by atoms with Crippen LogP contribution in [0, 0.1) is 6.92 Å². The predicted octanol–water partition coefficient (Wildman–Crippen LogP) is 1.82. The fourth-order valence-electron chi connectivity index (χ4n) is 3.83. The Morgan fingerprint density at radius 1 is 1.29 bits per heavy atom. The third kappa shape index (κ3) is 3.90. The Hall–Kier alpha value is -3.16. The minimum Gasteiger partial charge on any atom is -0.384 e. The Labute approximate surface area is 164 Å². The van der Waals surface area contributed by atoms with Gasteiger partial charge in [0.15, 0.2) is 0 Å². The topological polar surface area (TPSA) is 94.9 Å². The molecule has 0 aromatic carbocycles. The first-order valence-corrected chi connectivity index (χ1v) is 9.58. The van der Waals surface area contributed by atoms with Crippen molar-refractivity contribution >= 4 is 11.7 Å². The second-order valence-corrected chi connectivity index (χ2v) is 7.32. The van der Waals surface area contributed by atoms with E-state index in [0.29, 0.717) is 12.4 Å². The van der Waals surface area contributed by atoms with E-state index in [1.54, 1.807) is 23.1 Å². The maximum atomic E-state index is 12.8. The smallest absolute Gasteiger partial charge is 0.244 e. The minimum absolute atomic E-state index is 0.0479. The van der Waals surface area contributed by atoms with Crippen molar-refractivity contribution in [3.8, 4) is 0 Å². The van der Waals surface area contributed by atoms with Crippen molar-refractivity contribution in [2.75, 3.05) is 18.8 Å². The summed E-state index contributed by atoms with van der Waals surface area (Å²) in [7, 11) is 0. The third-order valence-corrected chi connectivity index (χ3v) is 5.21. The molecule has 0 radical (unpaired) electrons. The average molecular weight is 379 g/mol. The molecule has 8 nitrogen and oxygen atoms in total. The van der Waals surface area contributed by atoms with E-state index in [1.165, 1.54) is 5.56 Å². The normalized spacial score (nSPS) is 17.0. The van der Waals surface area contributed by atoms with Gasteiger partial charge < -0.3 is 15.2 Å². The van der Waals surface area contributed by atoms with E-state index in [2.05, 4.69) is 19.6 Å². The number of carbonyl (C=O) groups excluding carboxylic acids is 1. The Kier molecular flexibility index (Phi) is 5.10. The summed E-state index contributed by atoms with van der Waals surface area (Å²) in [5, 5.41) is 4.30. The summed E-state index contributed by atoms with van der Waals surface area (Å²) in [5.74, 6) is 1.83. The molecule has 3 aromatic rings. The molecule has 1 atom stereocenters. The lowest BCUT2D eigenvalue weighted by Gasteiger charge is -2.32. The number of likely N-dealkylation sites (tertiary alicyclic amines) is 1. The van der Waals surface area contributed by atoms with Crippen LogP contribution in [0.5, 0.6) is 0 Å². The number of aromatic nitrogens is 5. The molecule has 28 heavy (non-hydrogen) atoms. The van der Waals surface area contributed by atoms with Crippen molar-refractivity contribution in [1.29, 1.82) is 0 Å². The van der Waals surface area contributed by atoms with Crippen molar-refractivity contribution in [2.45, 2.75) is 38.8 Å². The van der Waals surface area contributed by atoms with Crippen LogP contribution in [0.3, 0.4) is 0 Å². The van der Waals surface area contributed by atoms with Gasteiger partial charge in [0, 0.05) is 56.4 Å². The fraction of sp³-hybridized carbons (Fsp3) is 0.400. The predicted molar refractivity (Wildman–Crippen MR) is 105 cm³/mol. The van der Waals surface area contributed by atoms with Crippen molar-refractivity contribution in [3.63, 3.8) is 0 Å². The number of piperidine rings is 1. The van der Waals surface area contributed by atoms with Crippen molar-refractivity contribution < 1.29 is 4.79 Å². The number of imidazole rings is 1. The number of nitrogen functional groups attached to an aromatic ring is 1. The summed E-state index contributed by atoms with van der Waals surface area (Å²) in [6, 6.07) is 5.80. The SMILES string of the molecule is Cc1cc(N)n(CC(=O)N2CCCC(c3nccn3Cc3ccncc3)C2)n1.